The van der Waals surface area contributed by atoms with Gasteiger partial charge >= 0.3 is 0 Å². The van der Waals surface area contributed by atoms with Crippen molar-refractivity contribution in [2.75, 3.05) is 25.0 Å². The van der Waals surface area contributed by atoms with Gasteiger partial charge in [-0.05, 0) is 57.2 Å². The molecule has 0 heterocycles. The number of anilines is 1. The lowest BCUT2D eigenvalue weighted by Crippen LogP contribution is -2.40. The van der Waals surface area contributed by atoms with E-state index in [9.17, 15) is 14.0 Å². The second-order valence-electron chi connectivity index (χ2n) is 6.52. The van der Waals surface area contributed by atoms with Crippen LogP contribution in [-0.4, -0.2) is 42.3 Å². The van der Waals surface area contributed by atoms with Crippen molar-refractivity contribution in [2.24, 2.45) is 0 Å². The highest BCUT2D eigenvalue weighted by Gasteiger charge is 2.15. The predicted octanol–water partition coefficient (Wildman–Crippen LogP) is 3.76. The van der Waals surface area contributed by atoms with E-state index in [-0.39, 0.29) is 30.1 Å². The molecule has 0 saturated carbocycles. The number of carbonyl (C=O) groups is 2. The normalized spacial score (nSPS) is 10.9. The molecule has 0 spiro atoms. The van der Waals surface area contributed by atoms with Crippen molar-refractivity contribution < 1.29 is 18.7 Å². The average Bonchev–Trinajstić information content (AvgIpc) is 2.63. The number of halogens is 1. The van der Waals surface area contributed by atoms with Gasteiger partial charge in [-0.3, -0.25) is 14.5 Å². The van der Waals surface area contributed by atoms with Crippen molar-refractivity contribution >= 4 is 17.4 Å². The number of para-hydroxylation sites is 1. The van der Waals surface area contributed by atoms with E-state index in [0.29, 0.717) is 30.2 Å². The maximum atomic E-state index is 12.9. The lowest BCUT2D eigenvalue weighted by molar-refractivity contribution is -0.117. The summed E-state index contributed by atoms with van der Waals surface area (Å²) in [5, 5.41) is 2.75. The van der Waals surface area contributed by atoms with E-state index in [1.54, 1.807) is 18.2 Å². The third-order valence-electron chi connectivity index (χ3n) is 4.11. The molecule has 0 saturated heterocycles. The van der Waals surface area contributed by atoms with Gasteiger partial charge in [0.25, 0.3) is 0 Å². The van der Waals surface area contributed by atoms with Gasteiger partial charge in [0, 0.05) is 18.3 Å². The summed E-state index contributed by atoms with van der Waals surface area (Å²) in [4.78, 5) is 25.9. The number of carbonyl (C=O) groups excluding carboxylic acids is 2. The molecule has 27 heavy (non-hydrogen) atoms. The molecule has 5 nitrogen and oxygen atoms in total. The van der Waals surface area contributed by atoms with E-state index in [1.807, 2.05) is 24.8 Å². The summed E-state index contributed by atoms with van der Waals surface area (Å²) in [6, 6.07) is 12.9. The number of rotatable bonds is 9. The van der Waals surface area contributed by atoms with Crippen LogP contribution in [0.5, 0.6) is 5.75 Å². The SMILES string of the molecule is CC(=O)c1ccccc1OCCN(CC(=O)Nc1ccc(F)cc1)C(C)C. The molecular weight excluding hydrogens is 347 g/mol. The zero-order valence-corrected chi connectivity index (χ0v) is 15.9. The van der Waals surface area contributed by atoms with Crippen molar-refractivity contribution in [1.29, 1.82) is 0 Å². The number of Topliss-reactive ketones (excluding diaryl/α,β-unsaturated/α-hetero) is 1. The third-order valence-corrected chi connectivity index (χ3v) is 4.11. The van der Waals surface area contributed by atoms with E-state index in [1.165, 1.54) is 31.2 Å². The Morgan fingerprint density at radius 1 is 1.11 bits per heavy atom. The molecule has 0 aliphatic carbocycles. The number of nitrogens with zero attached hydrogens (tertiary/aromatic N) is 1. The number of hydrogen-bond acceptors (Lipinski definition) is 4. The smallest absolute Gasteiger partial charge is 0.238 e. The first-order chi connectivity index (χ1) is 12.9. The molecule has 6 heteroatoms. The highest BCUT2D eigenvalue weighted by atomic mass is 19.1. The van der Waals surface area contributed by atoms with Gasteiger partial charge < -0.3 is 10.1 Å². The maximum Gasteiger partial charge on any atom is 0.238 e. The fourth-order valence-electron chi connectivity index (χ4n) is 2.59. The standard InChI is InChI=1S/C21H25FN2O3/c1-15(2)24(14-21(26)23-18-10-8-17(22)9-11-18)12-13-27-20-7-5-4-6-19(20)16(3)25/h4-11,15H,12-14H2,1-3H3,(H,23,26). The molecule has 0 bridgehead atoms. The molecule has 0 unspecified atom stereocenters. The van der Waals surface area contributed by atoms with Gasteiger partial charge in [-0.2, -0.15) is 0 Å². The van der Waals surface area contributed by atoms with Crippen LogP contribution in [0.3, 0.4) is 0 Å². The number of ketones is 1. The topological polar surface area (TPSA) is 58.6 Å². The summed E-state index contributed by atoms with van der Waals surface area (Å²) >= 11 is 0. The van der Waals surface area contributed by atoms with Crippen LogP contribution < -0.4 is 10.1 Å². The molecule has 0 aromatic heterocycles. The van der Waals surface area contributed by atoms with Crippen molar-refractivity contribution in [2.45, 2.75) is 26.8 Å². The van der Waals surface area contributed by atoms with Crippen molar-refractivity contribution in [3.05, 3.63) is 59.9 Å². The van der Waals surface area contributed by atoms with Gasteiger partial charge in [0.15, 0.2) is 5.78 Å². The van der Waals surface area contributed by atoms with Gasteiger partial charge in [-0.25, -0.2) is 4.39 Å². The quantitative estimate of drug-likeness (QED) is 0.681. The van der Waals surface area contributed by atoms with Crippen LogP contribution in [0.15, 0.2) is 48.5 Å². The molecule has 2 aromatic rings. The zero-order valence-electron chi connectivity index (χ0n) is 15.9. The second-order valence-corrected chi connectivity index (χ2v) is 6.52. The Balaban J connectivity index is 1.89. The monoisotopic (exact) mass is 372 g/mol. The summed E-state index contributed by atoms with van der Waals surface area (Å²) in [5.41, 5.74) is 1.10. The summed E-state index contributed by atoms with van der Waals surface area (Å²) in [6.07, 6.45) is 0. The van der Waals surface area contributed by atoms with Gasteiger partial charge in [0.1, 0.15) is 18.2 Å². The van der Waals surface area contributed by atoms with Crippen molar-refractivity contribution in [1.82, 2.24) is 4.90 Å². The van der Waals surface area contributed by atoms with Crippen LogP contribution in [0.1, 0.15) is 31.1 Å². The Morgan fingerprint density at radius 3 is 2.41 bits per heavy atom. The van der Waals surface area contributed by atoms with Crippen LogP contribution in [0.4, 0.5) is 10.1 Å². The van der Waals surface area contributed by atoms with Crippen LogP contribution in [0.25, 0.3) is 0 Å². The first kappa shape index (κ1) is 20.6. The largest absolute Gasteiger partial charge is 0.491 e. The lowest BCUT2D eigenvalue weighted by atomic mass is 10.1. The van der Waals surface area contributed by atoms with Gasteiger partial charge in [0.2, 0.25) is 5.91 Å². The fourth-order valence-corrected chi connectivity index (χ4v) is 2.59. The molecule has 0 radical (unpaired) electrons. The number of nitrogens with one attached hydrogen (secondary N) is 1. The maximum absolute atomic E-state index is 12.9. The molecule has 2 rings (SSSR count). The first-order valence-corrected chi connectivity index (χ1v) is 8.89. The summed E-state index contributed by atoms with van der Waals surface area (Å²) in [5.74, 6) is -0.0336. The Labute approximate surface area is 159 Å². The minimum atomic E-state index is -0.347. The first-order valence-electron chi connectivity index (χ1n) is 8.89. The van der Waals surface area contributed by atoms with Gasteiger partial charge in [0.05, 0.1) is 12.1 Å². The Morgan fingerprint density at radius 2 is 1.78 bits per heavy atom. The third kappa shape index (κ3) is 6.49. The summed E-state index contributed by atoms with van der Waals surface area (Å²) < 4.78 is 18.7. The summed E-state index contributed by atoms with van der Waals surface area (Å²) in [7, 11) is 0. The Kier molecular flexibility index (Phi) is 7.49. The van der Waals surface area contributed by atoms with E-state index in [0.717, 1.165) is 0 Å². The molecule has 0 aliphatic heterocycles. The Bertz CT molecular complexity index is 775. The average molecular weight is 372 g/mol. The van der Waals surface area contributed by atoms with Crippen LogP contribution in [0.2, 0.25) is 0 Å². The van der Waals surface area contributed by atoms with E-state index < -0.39 is 0 Å². The van der Waals surface area contributed by atoms with Crippen molar-refractivity contribution in [3.8, 4) is 5.75 Å². The minimum absolute atomic E-state index is 0.0509. The highest BCUT2D eigenvalue weighted by molar-refractivity contribution is 5.96. The fraction of sp³-hybridized carbons (Fsp3) is 0.333. The molecule has 1 N–H and O–H groups in total. The van der Waals surface area contributed by atoms with E-state index in [2.05, 4.69) is 5.32 Å². The summed E-state index contributed by atoms with van der Waals surface area (Å²) in [6.45, 7) is 6.56. The second kappa shape index (κ2) is 9.83. The molecule has 0 aliphatic rings. The van der Waals surface area contributed by atoms with E-state index >= 15 is 0 Å². The Hall–Kier alpha value is -2.73. The number of benzene rings is 2. The number of ether oxygens (including phenoxy) is 1. The van der Waals surface area contributed by atoms with Gasteiger partial charge in [-0.15, -0.1) is 0 Å². The van der Waals surface area contributed by atoms with Crippen LogP contribution >= 0.6 is 0 Å². The highest BCUT2D eigenvalue weighted by Crippen LogP contribution is 2.18. The predicted molar refractivity (Wildman–Crippen MR) is 104 cm³/mol. The number of amides is 1. The van der Waals surface area contributed by atoms with Gasteiger partial charge in [-0.1, -0.05) is 12.1 Å². The number of hydrogen-bond donors (Lipinski definition) is 1. The molecule has 0 fully saturated rings. The molecule has 2 aromatic carbocycles. The minimum Gasteiger partial charge on any atom is -0.491 e. The molecule has 1 amide bonds. The van der Waals surface area contributed by atoms with Crippen LogP contribution in [0, 0.1) is 5.82 Å². The zero-order chi connectivity index (χ0) is 19.8. The van der Waals surface area contributed by atoms with E-state index in [4.69, 9.17) is 4.74 Å². The molecule has 144 valence electrons. The molecular formula is C21H25FN2O3. The van der Waals surface area contributed by atoms with Crippen molar-refractivity contribution in [3.63, 3.8) is 0 Å². The molecule has 0 atom stereocenters. The van der Waals surface area contributed by atoms with Crippen LogP contribution in [-0.2, 0) is 4.79 Å². The lowest BCUT2D eigenvalue weighted by Gasteiger charge is -2.26.